The summed E-state index contributed by atoms with van der Waals surface area (Å²) in [4.78, 5) is 11.3. The van der Waals surface area contributed by atoms with Crippen molar-refractivity contribution in [2.45, 2.75) is 19.8 Å². The number of aliphatic carboxylic acids is 1. The van der Waals surface area contributed by atoms with E-state index >= 15 is 0 Å². The van der Waals surface area contributed by atoms with Crippen LogP contribution in [0.4, 0.5) is 0 Å². The van der Waals surface area contributed by atoms with E-state index in [1.807, 2.05) is 36.4 Å². The van der Waals surface area contributed by atoms with Gasteiger partial charge in [-0.25, -0.2) is 0 Å². The summed E-state index contributed by atoms with van der Waals surface area (Å²) in [5.74, 6) is -0.768. The second kappa shape index (κ2) is 8.67. The molecule has 0 aliphatic heterocycles. The minimum Gasteiger partial charge on any atom is -0.480 e. The fourth-order valence-electron chi connectivity index (χ4n) is 2.36. The molecule has 22 heavy (non-hydrogen) atoms. The summed E-state index contributed by atoms with van der Waals surface area (Å²) in [5, 5.41) is 11.7. The maximum atomic E-state index is 11.3. The van der Waals surface area contributed by atoms with E-state index in [1.165, 1.54) is 10.6 Å². The summed E-state index contributed by atoms with van der Waals surface area (Å²) in [7, 11) is -0.806. The van der Waals surface area contributed by atoms with Crippen molar-refractivity contribution >= 4 is 24.7 Å². The van der Waals surface area contributed by atoms with Crippen LogP contribution in [0.5, 0.6) is 0 Å². The first kappa shape index (κ1) is 16.7. The van der Waals surface area contributed by atoms with Gasteiger partial charge in [-0.15, -0.1) is 0 Å². The van der Waals surface area contributed by atoms with Gasteiger partial charge in [-0.05, 0) is 17.0 Å². The molecule has 2 aromatic carbocycles. The van der Waals surface area contributed by atoms with E-state index in [-0.39, 0.29) is 6.54 Å². The summed E-state index contributed by atoms with van der Waals surface area (Å²) in [5.41, 5.74) is 0. The van der Waals surface area contributed by atoms with Gasteiger partial charge in [-0.3, -0.25) is 9.46 Å². The minimum absolute atomic E-state index is 0.0789. The standard InChI is InChI=1S/C18H22NO2P/c1-2-3-14-19(15-18(20)21)22(16-10-6-4-7-11-16)17-12-8-5-9-13-17/h4-13H,2-3,14-15H2,1H3,(H,20,21). The van der Waals surface area contributed by atoms with Crippen LogP contribution in [0.3, 0.4) is 0 Å². The number of hydrogen-bond acceptors (Lipinski definition) is 2. The van der Waals surface area contributed by atoms with Crippen molar-refractivity contribution in [3.63, 3.8) is 0 Å². The van der Waals surface area contributed by atoms with Gasteiger partial charge in [0.2, 0.25) is 0 Å². The number of carboxylic acid groups (broad SMARTS) is 1. The molecular weight excluding hydrogens is 293 g/mol. The average Bonchev–Trinajstić information content (AvgIpc) is 2.54. The number of hydrogen-bond donors (Lipinski definition) is 1. The van der Waals surface area contributed by atoms with Gasteiger partial charge in [-0.1, -0.05) is 74.0 Å². The van der Waals surface area contributed by atoms with Gasteiger partial charge in [-0.2, -0.15) is 0 Å². The Hall–Kier alpha value is -1.70. The van der Waals surface area contributed by atoms with Crippen molar-refractivity contribution < 1.29 is 9.90 Å². The predicted molar refractivity (Wildman–Crippen MR) is 93.2 cm³/mol. The molecule has 4 heteroatoms. The van der Waals surface area contributed by atoms with Crippen LogP contribution >= 0.6 is 8.07 Å². The number of nitrogens with zero attached hydrogens (tertiary/aromatic N) is 1. The van der Waals surface area contributed by atoms with Crippen LogP contribution in [0.15, 0.2) is 60.7 Å². The highest BCUT2D eigenvalue weighted by molar-refractivity contribution is 7.70. The van der Waals surface area contributed by atoms with Crippen molar-refractivity contribution in [1.29, 1.82) is 0 Å². The van der Waals surface area contributed by atoms with Crippen molar-refractivity contribution in [3.05, 3.63) is 60.7 Å². The lowest BCUT2D eigenvalue weighted by Crippen LogP contribution is -2.33. The third-order valence-electron chi connectivity index (χ3n) is 3.37. The molecule has 116 valence electrons. The molecular formula is C18H22NO2P. The molecule has 2 rings (SSSR count). The molecule has 0 saturated heterocycles. The molecule has 1 N–H and O–H groups in total. The summed E-state index contributed by atoms with van der Waals surface area (Å²) >= 11 is 0. The molecule has 0 atom stereocenters. The Morgan fingerprint density at radius 3 is 1.91 bits per heavy atom. The Balaban J connectivity index is 2.38. The van der Waals surface area contributed by atoms with E-state index in [0.717, 1.165) is 19.4 Å². The largest absolute Gasteiger partial charge is 0.480 e. The van der Waals surface area contributed by atoms with Crippen LogP contribution in [0.2, 0.25) is 0 Å². The van der Waals surface area contributed by atoms with Gasteiger partial charge in [0.05, 0.1) is 0 Å². The van der Waals surface area contributed by atoms with E-state index in [1.54, 1.807) is 0 Å². The molecule has 0 amide bonds. The zero-order chi connectivity index (χ0) is 15.8. The van der Waals surface area contributed by atoms with Crippen LogP contribution in [0, 0.1) is 0 Å². The van der Waals surface area contributed by atoms with E-state index in [9.17, 15) is 9.90 Å². The molecule has 0 spiro atoms. The van der Waals surface area contributed by atoms with Crippen LogP contribution in [-0.2, 0) is 4.79 Å². The Labute approximate surface area is 133 Å². The van der Waals surface area contributed by atoms with E-state index in [0.29, 0.717) is 0 Å². The van der Waals surface area contributed by atoms with Gasteiger partial charge in [0.1, 0.15) is 6.54 Å². The fourth-order valence-corrected chi connectivity index (χ4v) is 4.82. The molecule has 0 bridgehead atoms. The molecule has 2 aromatic rings. The van der Waals surface area contributed by atoms with E-state index in [2.05, 4.69) is 35.9 Å². The predicted octanol–water partition coefficient (Wildman–Crippen LogP) is 3.22. The van der Waals surface area contributed by atoms with Crippen LogP contribution in [0.1, 0.15) is 19.8 Å². The van der Waals surface area contributed by atoms with Crippen molar-refractivity contribution in [1.82, 2.24) is 4.67 Å². The molecule has 0 saturated carbocycles. The Morgan fingerprint density at radius 1 is 1.00 bits per heavy atom. The molecule has 0 aliphatic rings. The Kier molecular flexibility index (Phi) is 6.57. The summed E-state index contributed by atoms with van der Waals surface area (Å²) < 4.78 is 2.12. The van der Waals surface area contributed by atoms with E-state index in [4.69, 9.17) is 0 Å². The molecule has 0 heterocycles. The fraction of sp³-hybridized carbons (Fsp3) is 0.278. The summed E-state index contributed by atoms with van der Waals surface area (Å²) in [6, 6.07) is 20.5. The zero-order valence-electron chi connectivity index (χ0n) is 12.9. The first-order chi connectivity index (χ1) is 10.7. The zero-order valence-corrected chi connectivity index (χ0v) is 13.7. The topological polar surface area (TPSA) is 40.5 Å². The van der Waals surface area contributed by atoms with Gasteiger partial charge in [0.15, 0.2) is 0 Å². The average molecular weight is 315 g/mol. The minimum atomic E-state index is -0.806. The lowest BCUT2D eigenvalue weighted by Gasteiger charge is -2.31. The van der Waals surface area contributed by atoms with Gasteiger partial charge >= 0.3 is 5.97 Å². The maximum Gasteiger partial charge on any atom is 0.318 e. The lowest BCUT2D eigenvalue weighted by molar-refractivity contribution is -0.137. The number of benzene rings is 2. The second-order valence-electron chi connectivity index (χ2n) is 5.12. The van der Waals surface area contributed by atoms with Crippen molar-refractivity contribution in [2.75, 3.05) is 13.1 Å². The smallest absolute Gasteiger partial charge is 0.318 e. The monoisotopic (exact) mass is 315 g/mol. The number of rotatable bonds is 8. The maximum absolute atomic E-state index is 11.3. The van der Waals surface area contributed by atoms with Gasteiger partial charge in [0.25, 0.3) is 0 Å². The SMILES string of the molecule is CCCCN(CC(=O)O)P(c1ccccc1)c1ccccc1. The molecule has 0 aromatic heterocycles. The number of carboxylic acids is 1. The molecule has 0 radical (unpaired) electrons. The number of carbonyl (C=O) groups is 1. The second-order valence-corrected chi connectivity index (χ2v) is 7.34. The Bertz CT molecular complexity index is 535. The quantitative estimate of drug-likeness (QED) is 0.760. The first-order valence-corrected chi connectivity index (χ1v) is 8.88. The highest BCUT2D eigenvalue weighted by Crippen LogP contribution is 2.38. The highest BCUT2D eigenvalue weighted by atomic mass is 31.1. The van der Waals surface area contributed by atoms with Crippen molar-refractivity contribution in [2.24, 2.45) is 0 Å². The van der Waals surface area contributed by atoms with Gasteiger partial charge < -0.3 is 5.11 Å². The van der Waals surface area contributed by atoms with Crippen molar-refractivity contribution in [3.8, 4) is 0 Å². The third kappa shape index (κ3) is 4.66. The van der Waals surface area contributed by atoms with Gasteiger partial charge in [0, 0.05) is 14.6 Å². The normalized spacial score (nSPS) is 11.0. The molecule has 3 nitrogen and oxygen atoms in total. The molecule has 0 unspecified atom stereocenters. The Morgan fingerprint density at radius 2 is 1.50 bits per heavy atom. The van der Waals surface area contributed by atoms with E-state index < -0.39 is 14.0 Å². The van der Waals surface area contributed by atoms with Crippen LogP contribution < -0.4 is 10.6 Å². The van der Waals surface area contributed by atoms with Crippen LogP contribution in [-0.4, -0.2) is 28.8 Å². The molecule has 0 aliphatic carbocycles. The summed E-state index contributed by atoms with van der Waals surface area (Å²) in [6.45, 7) is 3.01. The molecule has 0 fully saturated rings. The summed E-state index contributed by atoms with van der Waals surface area (Å²) in [6.07, 6.45) is 2.06. The first-order valence-electron chi connectivity index (χ1n) is 7.59. The third-order valence-corrected chi connectivity index (χ3v) is 5.85. The van der Waals surface area contributed by atoms with Crippen LogP contribution in [0.25, 0.3) is 0 Å². The number of unbranched alkanes of at least 4 members (excludes halogenated alkanes) is 1. The highest BCUT2D eigenvalue weighted by Gasteiger charge is 2.23. The lowest BCUT2D eigenvalue weighted by atomic mass is 10.3.